The molecule has 4 rings (SSSR count). The maximum atomic E-state index is 6.55. The molecule has 1 aromatic carbocycles. The predicted octanol–water partition coefficient (Wildman–Crippen LogP) is 3.05. The van der Waals surface area contributed by atoms with Crippen molar-refractivity contribution in [2.45, 2.75) is 26.2 Å². The first-order valence-corrected chi connectivity index (χ1v) is 9.60. The average Bonchev–Trinajstić information content (AvgIpc) is 3.10. The molecule has 0 atom stereocenters. The lowest BCUT2D eigenvalue weighted by Crippen LogP contribution is -2.40. The molecular formula is C19H23ClN6O. The molecule has 142 valence electrons. The predicted molar refractivity (Wildman–Crippen MR) is 107 cm³/mol. The van der Waals surface area contributed by atoms with E-state index >= 15 is 0 Å². The number of halogens is 1. The van der Waals surface area contributed by atoms with Gasteiger partial charge in [0.1, 0.15) is 17.6 Å². The summed E-state index contributed by atoms with van der Waals surface area (Å²) < 4.78 is 6.07. The lowest BCUT2D eigenvalue weighted by Gasteiger charge is -2.32. The summed E-state index contributed by atoms with van der Waals surface area (Å²) in [6, 6.07) is 2.03. The number of ether oxygens (including phenoxy) is 1. The lowest BCUT2D eigenvalue weighted by atomic mass is 9.87. The van der Waals surface area contributed by atoms with Crippen LogP contribution in [-0.2, 0) is 6.42 Å². The van der Waals surface area contributed by atoms with Gasteiger partial charge < -0.3 is 20.4 Å². The van der Waals surface area contributed by atoms with E-state index in [0.717, 1.165) is 52.7 Å². The molecule has 0 spiro atoms. The highest BCUT2D eigenvalue weighted by Gasteiger charge is 2.27. The van der Waals surface area contributed by atoms with Crippen molar-refractivity contribution in [3.63, 3.8) is 0 Å². The summed E-state index contributed by atoms with van der Waals surface area (Å²) in [5, 5.41) is 7.51. The minimum Gasteiger partial charge on any atom is -0.493 e. The van der Waals surface area contributed by atoms with Gasteiger partial charge in [-0.05, 0) is 37.5 Å². The molecule has 0 unspecified atom stereocenters. The molecule has 1 aliphatic rings. The highest BCUT2D eigenvalue weighted by Crippen LogP contribution is 2.39. The summed E-state index contributed by atoms with van der Waals surface area (Å²) in [6.45, 7) is 7.37. The molecule has 0 bridgehead atoms. The Kier molecular flexibility index (Phi) is 5.13. The number of hydrogen-bond acceptors (Lipinski definition) is 6. The Morgan fingerprint density at radius 2 is 2.15 bits per heavy atom. The monoisotopic (exact) mass is 386 g/mol. The molecule has 2 aromatic heterocycles. The van der Waals surface area contributed by atoms with Crippen LogP contribution in [0, 0.1) is 6.92 Å². The quantitative estimate of drug-likeness (QED) is 0.578. The maximum absolute atomic E-state index is 6.55. The van der Waals surface area contributed by atoms with Crippen molar-refractivity contribution in [3.05, 3.63) is 40.4 Å². The molecule has 7 nitrogen and oxygen atoms in total. The summed E-state index contributed by atoms with van der Waals surface area (Å²) in [5.41, 5.74) is 4.96. The molecule has 1 saturated heterocycles. The first-order valence-electron chi connectivity index (χ1n) is 9.22. The summed E-state index contributed by atoms with van der Waals surface area (Å²) >= 11 is 6.55. The van der Waals surface area contributed by atoms with Crippen LogP contribution in [0.2, 0.25) is 5.02 Å². The van der Waals surface area contributed by atoms with Gasteiger partial charge in [0.25, 0.3) is 0 Å². The van der Waals surface area contributed by atoms with Gasteiger partial charge in [-0.2, -0.15) is 0 Å². The molecule has 0 amide bonds. The van der Waals surface area contributed by atoms with E-state index < -0.39 is 0 Å². The van der Waals surface area contributed by atoms with Crippen molar-refractivity contribution in [1.82, 2.24) is 25.3 Å². The minimum atomic E-state index is 0.462. The Balaban J connectivity index is 1.57. The first kappa shape index (κ1) is 18.0. The average molecular weight is 387 g/mol. The SMILES string of the molecule is CCOc1c(CCNc2ncnc3nc[nH]c23)cc(Cl)c(C)c1C1CNC1. The maximum Gasteiger partial charge on any atom is 0.182 e. The second-order valence-corrected chi connectivity index (χ2v) is 7.08. The van der Waals surface area contributed by atoms with Crippen LogP contribution in [0.15, 0.2) is 18.7 Å². The van der Waals surface area contributed by atoms with E-state index in [-0.39, 0.29) is 0 Å². The highest BCUT2D eigenvalue weighted by molar-refractivity contribution is 6.31. The largest absolute Gasteiger partial charge is 0.493 e. The van der Waals surface area contributed by atoms with Gasteiger partial charge in [0.05, 0.1) is 12.9 Å². The Morgan fingerprint density at radius 1 is 1.30 bits per heavy atom. The number of aromatic amines is 1. The van der Waals surface area contributed by atoms with Gasteiger partial charge in [-0.25, -0.2) is 15.0 Å². The Morgan fingerprint density at radius 3 is 2.89 bits per heavy atom. The van der Waals surface area contributed by atoms with Gasteiger partial charge >= 0.3 is 0 Å². The van der Waals surface area contributed by atoms with Gasteiger partial charge in [0.15, 0.2) is 11.5 Å². The summed E-state index contributed by atoms with van der Waals surface area (Å²) in [5.74, 6) is 2.20. The van der Waals surface area contributed by atoms with Crippen LogP contribution in [-0.4, -0.2) is 46.2 Å². The standard InChI is InChI=1S/C19H23ClN6O/c1-3-27-17-12(6-14(20)11(2)15(17)13-7-21-8-13)4-5-22-18-16-19(24-9-23-16)26-10-25-18/h6,9-10,13,21H,3-5,7-8H2,1-2H3,(H2,22,23,24,25,26). The van der Waals surface area contributed by atoms with E-state index in [4.69, 9.17) is 16.3 Å². The van der Waals surface area contributed by atoms with Crippen LogP contribution in [0.4, 0.5) is 5.82 Å². The fraction of sp³-hybridized carbons (Fsp3) is 0.421. The Bertz CT molecular complexity index is 953. The van der Waals surface area contributed by atoms with Crippen molar-refractivity contribution in [2.75, 3.05) is 31.6 Å². The molecule has 0 radical (unpaired) electrons. The summed E-state index contributed by atoms with van der Waals surface area (Å²) in [4.78, 5) is 15.7. The van der Waals surface area contributed by atoms with E-state index in [9.17, 15) is 0 Å². The van der Waals surface area contributed by atoms with E-state index in [1.807, 2.05) is 13.0 Å². The van der Waals surface area contributed by atoms with E-state index in [0.29, 0.717) is 24.7 Å². The van der Waals surface area contributed by atoms with Gasteiger partial charge in [0.2, 0.25) is 0 Å². The number of aromatic nitrogens is 4. The van der Waals surface area contributed by atoms with E-state index in [2.05, 4.69) is 37.5 Å². The second-order valence-electron chi connectivity index (χ2n) is 6.67. The van der Waals surface area contributed by atoms with Crippen molar-refractivity contribution in [3.8, 4) is 5.75 Å². The number of rotatable bonds is 7. The number of nitrogens with zero attached hydrogens (tertiary/aromatic N) is 3. The molecule has 3 aromatic rings. The zero-order valence-electron chi connectivity index (χ0n) is 15.5. The van der Waals surface area contributed by atoms with Crippen molar-refractivity contribution in [1.29, 1.82) is 0 Å². The van der Waals surface area contributed by atoms with Crippen LogP contribution in [0.3, 0.4) is 0 Å². The van der Waals surface area contributed by atoms with Crippen LogP contribution in [0.5, 0.6) is 5.75 Å². The number of hydrogen-bond donors (Lipinski definition) is 3. The fourth-order valence-electron chi connectivity index (χ4n) is 3.50. The topological polar surface area (TPSA) is 87.8 Å². The third kappa shape index (κ3) is 3.44. The molecule has 8 heteroatoms. The molecular weight excluding hydrogens is 364 g/mol. The number of anilines is 1. The van der Waals surface area contributed by atoms with Gasteiger partial charge in [-0.1, -0.05) is 11.6 Å². The molecule has 27 heavy (non-hydrogen) atoms. The van der Waals surface area contributed by atoms with E-state index in [1.54, 1.807) is 6.33 Å². The third-order valence-electron chi connectivity index (χ3n) is 4.99. The second kappa shape index (κ2) is 7.70. The van der Waals surface area contributed by atoms with Gasteiger partial charge in [0, 0.05) is 36.1 Å². The number of imidazole rings is 1. The van der Waals surface area contributed by atoms with Gasteiger partial charge in [-0.3, -0.25) is 0 Å². The molecule has 3 heterocycles. The highest BCUT2D eigenvalue weighted by atomic mass is 35.5. The summed E-state index contributed by atoms with van der Waals surface area (Å²) in [6.07, 6.45) is 3.92. The third-order valence-corrected chi connectivity index (χ3v) is 5.38. The van der Waals surface area contributed by atoms with Crippen molar-refractivity contribution in [2.24, 2.45) is 0 Å². The van der Waals surface area contributed by atoms with Crippen molar-refractivity contribution < 1.29 is 4.74 Å². The zero-order valence-corrected chi connectivity index (χ0v) is 16.2. The molecule has 3 N–H and O–H groups in total. The first-order chi connectivity index (χ1) is 13.2. The number of benzene rings is 1. The van der Waals surface area contributed by atoms with Crippen LogP contribution in [0.25, 0.3) is 11.2 Å². The molecule has 1 aliphatic heterocycles. The smallest absolute Gasteiger partial charge is 0.182 e. The van der Waals surface area contributed by atoms with Crippen molar-refractivity contribution >= 4 is 28.6 Å². The summed E-state index contributed by atoms with van der Waals surface area (Å²) in [7, 11) is 0. The lowest BCUT2D eigenvalue weighted by molar-refractivity contribution is 0.323. The Labute approximate surface area is 162 Å². The number of fused-ring (bicyclic) bond motifs is 1. The van der Waals surface area contributed by atoms with Gasteiger partial charge in [-0.15, -0.1) is 0 Å². The van der Waals surface area contributed by atoms with Crippen LogP contribution >= 0.6 is 11.6 Å². The number of nitrogens with one attached hydrogen (secondary N) is 3. The van der Waals surface area contributed by atoms with Crippen LogP contribution < -0.4 is 15.4 Å². The molecule has 0 aliphatic carbocycles. The van der Waals surface area contributed by atoms with Crippen LogP contribution in [0.1, 0.15) is 29.5 Å². The normalized spacial score (nSPS) is 14.3. The number of H-pyrrole nitrogens is 1. The zero-order chi connectivity index (χ0) is 18.8. The molecule has 0 saturated carbocycles. The molecule has 1 fully saturated rings. The Hall–Kier alpha value is -2.38. The fourth-order valence-corrected chi connectivity index (χ4v) is 3.73. The minimum absolute atomic E-state index is 0.462. The van der Waals surface area contributed by atoms with E-state index in [1.165, 1.54) is 11.9 Å².